The number of pyridine rings is 2. The Labute approximate surface area is 132 Å². The molecule has 1 saturated carbocycles. The van der Waals surface area contributed by atoms with Gasteiger partial charge in [-0.3, -0.25) is 4.79 Å². The van der Waals surface area contributed by atoms with Crippen LogP contribution in [-0.4, -0.2) is 15.8 Å². The highest BCUT2D eigenvalue weighted by atomic mass is 19.1. The molecule has 0 N–H and O–H groups in total. The first-order chi connectivity index (χ1) is 11.1. The molecule has 0 bridgehead atoms. The Bertz CT molecular complexity index is 747. The molecule has 0 spiro atoms. The van der Waals surface area contributed by atoms with E-state index in [9.17, 15) is 13.6 Å². The maximum absolute atomic E-state index is 13.6. The van der Waals surface area contributed by atoms with Gasteiger partial charge in [0.2, 0.25) is 11.9 Å². The van der Waals surface area contributed by atoms with Gasteiger partial charge in [-0.05, 0) is 55.7 Å². The number of aromatic nitrogens is 2. The van der Waals surface area contributed by atoms with Crippen molar-refractivity contribution >= 4 is 17.9 Å². The summed E-state index contributed by atoms with van der Waals surface area (Å²) >= 11 is 0. The molecule has 0 amide bonds. The predicted molar refractivity (Wildman–Crippen MR) is 83.2 cm³/mol. The molecule has 2 aromatic heterocycles. The highest BCUT2D eigenvalue weighted by Gasteiger charge is 2.21. The first-order valence-electron chi connectivity index (χ1n) is 7.32. The Balaban J connectivity index is 1.93. The summed E-state index contributed by atoms with van der Waals surface area (Å²) in [5, 5.41) is 0. The van der Waals surface area contributed by atoms with Gasteiger partial charge >= 0.3 is 0 Å². The molecule has 3 nitrogen and oxygen atoms in total. The van der Waals surface area contributed by atoms with Crippen LogP contribution in [0.15, 0.2) is 47.8 Å². The summed E-state index contributed by atoms with van der Waals surface area (Å²) in [7, 11) is 0. The van der Waals surface area contributed by atoms with E-state index < -0.39 is 11.9 Å². The number of carbonyl (C=O) groups excluding carboxylic acids is 1. The van der Waals surface area contributed by atoms with E-state index in [1.54, 1.807) is 24.3 Å². The average molecular weight is 312 g/mol. The van der Waals surface area contributed by atoms with Gasteiger partial charge in [-0.25, -0.2) is 9.97 Å². The number of halogens is 2. The molecule has 2 aromatic rings. The van der Waals surface area contributed by atoms with Crippen molar-refractivity contribution in [2.75, 3.05) is 0 Å². The molecule has 1 fully saturated rings. The van der Waals surface area contributed by atoms with Crippen LogP contribution in [0, 0.1) is 11.9 Å². The maximum atomic E-state index is 13.6. The summed E-state index contributed by atoms with van der Waals surface area (Å²) in [6.07, 6.45) is 7.66. The van der Waals surface area contributed by atoms with Crippen LogP contribution in [0.4, 0.5) is 8.78 Å². The van der Waals surface area contributed by atoms with Crippen LogP contribution in [0.2, 0.25) is 0 Å². The highest BCUT2D eigenvalue weighted by molar-refractivity contribution is 6.13. The van der Waals surface area contributed by atoms with Crippen molar-refractivity contribution in [3.63, 3.8) is 0 Å². The van der Waals surface area contributed by atoms with Crippen LogP contribution < -0.4 is 0 Å². The predicted octanol–water partition coefficient (Wildman–Crippen LogP) is 3.97. The van der Waals surface area contributed by atoms with Crippen LogP contribution in [0.25, 0.3) is 12.2 Å². The minimum Gasteiger partial charge on any atom is -0.289 e. The van der Waals surface area contributed by atoms with Gasteiger partial charge in [-0.2, -0.15) is 8.78 Å². The van der Waals surface area contributed by atoms with Crippen molar-refractivity contribution < 1.29 is 13.6 Å². The van der Waals surface area contributed by atoms with Gasteiger partial charge in [0.05, 0.1) is 0 Å². The smallest absolute Gasteiger partial charge is 0.220 e. The molecular formula is C18H14F2N2O. The molecular weight excluding hydrogens is 298 g/mol. The summed E-state index contributed by atoms with van der Waals surface area (Å²) in [5.41, 5.74) is 1.59. The van der Waals surface area contributed by atoms with Crippen molar-refractivity contribution in [2.24, 2.45) is 0 Å². The monoisotopic (exact) mass is 312 g/mol. The lowest BCUT2D eigenvalue weighted by atomic mass is 9.87. The summed E-state index contributed by atoms with van der Waals surface area (Å²) in [6.45, 7) is 0. The minimum atomic E-state index is -0.609. The average Bonchev–Trinajstić information content (AvgIpc) is 2.55. The Hall–Kier alpha value is -2.69. The molecule has 0 atom stereocenters. The van der Waals surface area contributed by atoms with Gasteiger partial charge in [0.15, 0.2) is 5.78 Å². The van der Waals surface area contributed by atoms with Crippen molar-refractivity contribution in [1.29, 1.82) is 0 Å². The number of hydrogen-bond donors (Lipinski definition) is 0. The summed E-state index contributed by atoms with van der Waals surface area (Å²) in [5.74, 6) is -1.40. The van der Waals surface area contributed by atoms with Gasteiger partial charge in [0, 0.05) is 34.7 Å². The minimum absolute atomic E-state index is 0.178. The summed E-state index contributed by atoms with van der Waals surface area (Å²) in [6, 6.07) is 6.37. The fourth-order valence-electron chi connectivity index (χ4n) is 2.57. The lowest BCUT2D eigenvalue weighted by Crippen LogP contribution is -2.12. The number of rotatable bonds is 2. The molecule has 1 aliphatic carbocycles. The van der Waals surface area contributed by atoms with E-state index in [1.807, 2.05) is 0 Å². The molecule has 0 aromatic carbocycles. The molecule has 0 radical (unpaired) electrons. The third kappa shape index (κ3) is 3.39. The summed E-state index contributed by atoms with van der Waals surface area (Å²) < 4.78 is 27.3. The zero-order valence-corrected chi connectivity index (χ0v) is 12.3. The normalized spacial score (nSPS) is 18.6. The largest absolute Gasteiger partial charge is 0.289 e. The van der Waals surface area contributed by atoms with E-state index >= 15 is 0 Å². The van der Waals surface area contributed by atoms with E-state index in [0.717, 1.165) is 6.42 Å². The Morgan fingerprint density at radius 2 is 1.35 bits per heavy atom. The van der Waals surface area contributed by atoms with Crippen molar-refractivity contribution in [2.45, 2.75) is 19.3 Å². The van der Waals surface area contributed by atoms with E-state index in [-0.39, 0.29) is 16.9 Å². The zero-order valence-electron chi connectivity index (χ0n) is 12.3. The lowest BCUT2D eigenvalue weighted by Gasteiger charge is -2.16. The molecule has 116 valence electrons. The first-order valence-corrected chi connectivity index (χ1v) is 7.32. The second-order valence-corrected chi connectivity index (χ2v) is 5.29. The molecule has 0 saturated heterocycles. The molecule has 23 heavy (non-hydrogen) atoms. The highest BCUT2D eigenvalue weighted by Crippen LogP contribution is 2.28. The molecule has 3 rings (SSSR count). The summed E-state index contributed by atoms with van der Waals surface area (Å²) in [4.78, 5) is 19.7. The van der Waals surface area contributed by atoms with Crippen molar-refractivity contribution in [3.05, 3.63) is 70.8 Å². The number of hydrogen-bond acceptors (Lipinski definition) is 3. The van der Waals surface area contributed by atoms with E-state index in [0.29, 0.717) is 24.0 Å². The number of carbonyl (C=O) groups is 1. The van der Waals surface area contributed by atoms with Crippen LogP contribution >= 0.6 is 0 Å². The fraction of sp³-hybridized carbons (Fsp3) is 0.167. The number of ketones is 1. The standard InChI is InChI=1S/C18H14F2N2O/c19-17-14(6-2-8-21-17)10-12-4-1-5-13(16(12)23)11-15-7-3-9-22-18(15)20/h2-3,6-11H,1,4-5H2/b12-10+,13-11+. The van der Waals surface area contributed by atoms with Crippen LogP contribution in [-0.2, 0) is 4.79 Å². The third-order valence-electron chi connectivity index (χ3n) is 3.71. The van der Waals surface area contributed by atoms with Crippen molar-refractivity contribution in [3.8, 4) is 0 Å². The van der Waals surface area contributed by atoms with E-state index in [1.165, 1.54) is 24.5 Å². The zero-order chi connectivity index (χ0) is 16.2. The Morgan fingerprint density at radius 3 is 1.78 bits per heavy atom. The maximum Gasteiger partial charge on any atom is 0.220 e. The SMILES string of the molecule is O=C1/C(=C/c2cccnc2F)CCC/C1=C\c1cccnc1F. The first kappa shape index (κ1) is 15.2. The molecule has 0 unspecified atom stereocenters. The second-order valence-electron chi connectivity index (χ2n) is 5.29. The van der Waals surface area contributed by atoms with Crippen LogP contribution in [0.5, 0.6) is 0 Å². The van der Waals surface area contributed by atoms with Gasteiger partial charge in [0.25, 0.3) is 0 Å². The Kier molecular flexibility index (Phi) is 4.37. The molecule has 0 aliphatic heterocycles. The lowest BCUT2D eigenvalue weighted by molar-refractivity contribution is -0.112. The van der Waals surface area contributed by atoms with Crippen LogP contribution in [0.1, 0.15) is 30.4 Å². The third-order valence-corrected chi connectivity index (χ3v) is 3.71. The van der Waals surface area contributed by atoms with Crippen LogP contribution in [0.3, 0.4) is 0 Å². The quantitative estimate of drug-likeness (QED) is 0.622. The second kappa shape index (κ2) is 6.60. The molecule has 5 heteroatoms. The van der Waals surface area contributed by atoms with Gasteiger partial charge in [-0.15, -0.1) is 0 Å². The van der Waals surface area contributed by atoms with Crippen molar-refractivity contribution in [1.82, 2.24) is 9.97 Å². The number of allylic oxidation sites excluding steroid dienone is 2. The fourth-order valence-corrected chi connectivity index (χ4v) is 2.57. The number of nitrogens with zero attached hydrogens (tertiary/aromatic N) is 2. The number of Topliss-reactive ketones (excluding diaryl/α,β-unsaturated/α-hetero) is 1. The van der Waals surface area contributed by atoms with E-state index in [2.05, 4.69) is 9.97 Å². The molecule has 2 heterocycles. The molecule has 1 aliphatic rings. The van der Waals surface area contributed by atoms with Gasteiger partial charge in [0.1, 0.15) is 0 Å². The topological polar surface area (TPSA) is 42.9 Å². The van der Waals surface area contributed by atoms with E-state index in [4.69, 9.17) is 0 Å². The van der Waals surface area contributed by atoms with Gasteiger partial charge < -0.3 is 0 Å². The van der Waals surface area contributed by atoms with Gasteiger partial charge in [-0.1, -0.05) is 0 Å². The Morgan fingerprint density at radius 1 is 0.870 bits per heavy atom.